The zero-order valence-electron chi connectivity index (χ0n) is 40.8. The second-order valence-electron chi connectivity index (χ2n) is 17.5. The van der Waals surface area contributed by atoms with Gasteiger partial charge < -0.3 is 34.3 Å². The van der Waals surface area contributed by atoms with E-state index in [2.05, 4.69) is 74.6 Å². The van der Waals surface area contributed by atoms with Crippen LogP contribution in [0, 0.1) is 0 Å². The van der Waals surface area contributed by atoms with E-state index in [1.54, 1.807) is 0 Å². The lowest BCUT2D eigenvalue weighted by molar-refractivity contribution is -0.297. The summed E-state index contributed by atoms with van der Waals surface area (Å²) in [5.41, 5.74) is 0. The highest BCUT2D eigenvalue weighted by molar-refractivity contribution is 7.85. The molecule has 0 aromatic heterocycles. The van der Waals surface area contributed by atoms with E-state index in [9.17, 15) is 37.9 Å². The Bertz CT molecular complexity index is 1490. The van der Waals surface area contributed by atoms with E-state index in [1.807, 2.05) is 12.2 Å². The van der Waals surface area contributed by atoms with Crippen LogP contribution in [-0.2, 0) is 38.7 Å². The molecule has 12 nitrogen and oxygen atoms in total. The van der Waals surface area contributed by atoms with Crippen LogP contribution in [0.3, 0.4) is 0 Å². The molecule has 0 bridgehead atoms. The third kappa shape index (κ3) is 36.2. The average molecular weight is 951 g/mol. The van der Waals surface area contributed by atoms with Gasteiger partial charge in [0.05, 0.1) is 6.61 Å². The molecule has 0 aromatic carbocycles. The van der Waals surface area contributed by atoms with Gasteiger partial charge in [-0.15, -0.1) is 0 Å². The van der Waals surface area contributed by atoms with Crippen LogP contribution in [0.4, 0.5) is 0 Å². The molecule has 0 aromatic rings. The fourth-order valence-electron chi connectivity index (χ4n) is 7.30. The Kier molecular flexibility index (Phi) is 39.1. The van der Waals surface area contributed by atoms with E-state index < -0.39 is 71.2 Å². The number of aliphatic hydroxyl groups excluding tert-OH is 3. The first kappa shape index (κ1) is 61.1. The van der Waals surface area contributed by atoms with Gasteiger partial charge in [-0.25, -0.2) is 0 Å². The maximum Gasteiger partial charge on any atom is 0.306 e. The molecule has 0 saturated carbocycles. The first-order valence-electron chi connectivity index (χ1n) is 25.5. The number of carbonyl (C=O) groups is 2. The predicted octanol–water partition coefficient (Wildman–Crippen LogP) is 11.5. The molecule has 6 atom stereocenters. The molecule has 4 N–H and O–H groups in total. The van der Waals surface area contributed by atoms with Gasteiger partial charge in [-0.1, -0.05) is 177 Å². The predicted molar refractivity (Wildman–Crippen MR) is 265 cm³/mol. The topological polar surface area (TPSA) is 186 Å². The Labute approximate surface area is 399 Å². The Morgan fingerprint density at radius 3 is 1.45 bits per heavy atom. The van der Waals surface area contributed by atoms with Crippen molar-refractivity contribution >= 4 is 22.1 Å². The van der Waals surface area contributed by atoms with E-state index in [1.165, 1.54) is 89.9 Å². The molecule has 0 spiro atoms. The highest BCUT2D eigenvalue weighted by Crippen LogP contribution is 2.24. The molecule has 1 rings (SSSR count). The number of carbonyl (C=O) groups excluding carboxylic acids is 2. The van der Waals surface area contributed by atoms with Crippen LogP contribution in [-0.4, -0.2) is 96.0 Å². The quantitative estimate of drug-likeness (QED) is 0.0197. The fourth-order valence-corrected chi connectivity index (χ4v) is 7.99. The molecule has 1 aliphatic rings. The van der Waals surface area contributed by atoms with Crippen molar-refractivity contribution in [3.8, 4) is 0 Å². The van der Waals surface area contributed by atoms with E-state index in [0.29, 0.717) is 12.8 Å². The lowest BCUT2D eigenvalue weighted by atomic mass is 10.00. The van der Waals surface area contributed by atoms with Gasteiger partial charge in [-0.3, -0.25) is 14.1 Å². The Morgan fingerprint density at radius 1 is 0.515 bits per heavy atom. The van der Waals surface area contributed by atoms with Crippen LogP contribution < -0.4 is 0 Å². The zero-order chi connectivity index (χ0) is 48.4. The van der Waals surface area contributed by atoms with Crippen molar-refractivity contribution in [2.45, 2.75) is 230 Å². The minimum Gasteiger partial charge on any atom is -0.462 e. The molecule has 1 aliphatic heterocycles. The Hall–Kier alpha value is -2.91. The van der Waals surface area contributed by atoms with Crippen molar-refractivity contribution in [1.29, 1.82) is 0 Å². The van der Waals surface area contributed by atoms with Crippen LogP contribution in [0.25, 0.3) is 0 Å². The number of ether oxygens (including phenoxy) is 4. The van der Waals surface area contributed by atoms with Crippen LogP contribution >= 0.6 is 0 Å². The minimum absolute atomic E-state index is 0.0924. The van der Waals surface area contributed by atoms with Gasteiger partial charge in [-0.2, -0.15) is 8.42 Å². The van der Waals surface area contributed by atoms with Gasteiger partial charge in [0.25, 0.3) is 10.1 Å². The van der Waals surface area contributed by atoms with E-state index in [-0.39, 0.29) is 19.4 Å². The summed E-state index contributed by atoms with van der Waals surface area (Å²) in [5.74, 6) is -2.09. The number of hydrogen-bond acceptors (Lipinski definition) is 11. The van der Waals surface area contributed by atoms with Crippen LogP contribution in [0.1, 0.15) is 194 Å². The molecule has 0 radical (unpaired) electrons. The summed E-state index contributed by atoms with van der Waals surface area (Å²) in [4.78, 5) is 25.5. The number of hydrogen-bond donors (Lipinski definition) is 4. The third-order valence-electron chi connectivity index (χ3n) is 11.3. The summed E-state index contributed by atoms with van der Waals surface area (Å²) in [6, 6.07) is 0. The monoisotopic (exact) mass is 951 g/mol. The molecule has 1 fully saturated rings. The summed E-state index contributed by atoms with van der Waals surface area (Å²) >= 11 is 0. The fraction of sp³-hybridized carbons (Fsp3) is 0.736. The number of allylic oxidation sites excluding steroid dienone is 12. The molecule has 380 valence electrons. The van der Waals surface area contributed by atoms with Crippen LogP contribution in [0.15, 0.2) is 72.9 Å². The number of esters is 2. The second-order valence-corrected chi connectivity index (χ2v) is 19.0. The van der Waals surface area contributed by atoms with Crippen LogP contribution in [0.2, 0.25) is 0 Å². The van der Waals surface area contributed by atoms with Crippen molar-refractivity contribution in [3.63, 3.8) is 0 Å². The first-order chi connectivity index (χ1) is 32.0. The second kappa shape index (κ2) is 42.2. The van der Waals surface area contributed by atoms with Crippen molar-refractivity contribution in [2.24, 2.45) is 0 Å². The highest BCUT2D eigenvalue weighted by atomic mass is 32.2. The van der Waals surface area contributed by atoms with Gasteiger partial charge in [-0.05, 0) is 77.0 Å². The van der Waals surface area contributed by atoms with E-state index >= 15 is 0 Å². The largest absolute Gasteiger partial charge is 0.462 e. The molecule has 1 saturated heterocycles. The zero-order valence-corrected chi connectivity index (χ0v) is 41.6. The maximum absolute atomic E-state index is 12.9. The lowest BCUT2D eigenvalue weighted by Crippen LogP contribution is -2.60. The molecule has 66 heavy (non-hydrogen) atoms. The Balaban J connectivity index is 2.44. The summed E-state index contributed by atoms with van der Waals surface area (Å²) < 4.78 is 54.1. The SMILES string of the molecule is CCCCC/C=C/C/C=C/C/C=C/C/C=C/C/C=C/CCC(=O)OC[C@H](CO[C@H]1O[C@H](CS(=O)(=O)O)[C@@H](O)C(O)C1O)OC(=O)CCCCCCCCCCC/C=C/CCCCCCCC. The van der Waals surface area contributed by atoms with Gasteiger partial charge in [0, 0.05) is 12.8 Å². The average Bonchev–Trinajstić information content (AvgIpc) is 3.28. The first-order valence-corrected chi connectivity index (χ1v) is 27.1. The van der Waals surface area contributed by atoms with E-state index in [0.717, 1.165) is 64.2 Å². The summed E-state index contributed by atoms with van der Waals surface area (Å²) in [6.45, 7) is 3.68. The maximum atomic E-state index is 12.9. The standard InChI is InChI=1S/C53H90O12S/c1-3-5-7-9-11-13-15-17-19-21-23-25-27-29-31-33-35-37-39-41-48(54)62-43-46(44-63-53-52(58)51(57)50(56)47(65-53)45-66(59,60)61)64-49(55)42-40-38-36-34-32-30-28-26-24-22-20-18-16-14-12-10-8-6-4-2/h11,13,17-20,23,25,29,31,35,37,46-47,50-53,56-58H,3-10,12,14-16,21-22,24,26-28,30,32-34,36,38-45H2,1-2H3,(H,59,60,61)/b13-11+,19-17+,20-18+,25-23+,31-29+,37-35+/t46-,47-,50-,51?,52?,53+/m1/s1. The molecule has 0 aliphatic carbocycles. The number of aliphatic hydroxyl groups is 3. The van der Waals surface area contributed by atoms with Gasteiger partial charge in [0.15, 0.2) is 12.4 Å². The third-order valence-corrected chi connectivity index (χ3v) is 12.0. The summed E-state index contributed by atoms with van der Waals surface area (Å²) in [6.07, 6.45) is 45.2. The van der Waals surface area contributed by atoms with Crippen molar-refractivity contribution in [2.75, 3.05) is 19.0 Å². The van der Waals surface area contributed by atoms with Crippen molar-refractivity contribution in [3.05, 3.63) is 72.9 Å². The smallest absolute Gasteiger partial charge is 0.306 e. The minimum atomic E-state index is -4.62. The molecular formula is C53H90O12S. The van der Waals surface area contributed by atoms with Gasteiger partial charge >= 0.3 is 11.9 Å². The van der Waals surface area contributed by atoms with Gasteiger partial charge in [0.2, 0.25) is 0 Å². The molecule has 0 amide bonds. The van der Waals surface area contributed by atoms with Crippen molar-refractivity contribution < 1.29 is 56.8 Å². The molecule has 1 heterocycles. The molecular weight excluding hydrogens is 861 g/mol. The lowest BCUT2D eigenvalue weighted by Gasteiger charge is -2.40. The van der Waals surface area contributed by atoms with Gasteiger partial charge in [0.1, 0.15) is 36.8 Å². The number of unbranched alkanes of at least 4 members (excludes halogenated alkanes) is 18. The molecule has 2 unspecified atom stereocenters. The van der Waals surface area contributed by atoms with Crippen molar-refractivity contribution in [1.82, 2.24) is 0 Å². The normalized spacial score (nSPS) is 20.0. The van der Waals surface area contributed by atoms with Crippen LogP contribution in [0.5, 0.6) is 0 Å². The summed E-state index contributed by atoms with van der Waals surface area (Å²) in [7, 11) is -4.62. The molecule has 13 heteroatoms. The van der Waals surface area contributed by atoms with E-state index in [4.69, 9.17) is 18.9 Å². The Morgan fingerprint density at radius 2 is 0.939 bits per heavy atom. The number of rotatable bonds is 42. The summed E-state index contributed by atoms with van der Waals surface area (Å²) in [5, 5.41) is 31.0. The highest BCUT2D eigenvalue weighted by Gasteiger charge is 2.46.